The van der Waals surface area contributed by atoms with Crippen LogP contribution >= 0.6 is 17.2 Å². The fourth-order valence-corrected chi connectivity index (χ4v) is 12.4. The van der Waals surface area contributed by atoms with Crippen LogP contribution in [-0.4, -0.2) is 24.6 Å². The number of halogens is 1. The van der Waals surface area contributed by atoms with Gasteiger partial charge in [0.1, 0.15) is 0 Å². The van der Waals surface area contributed by atoms with Crippen molar-refractivity contribution < 1.29 is 0 Å². The van der Waals surface area contributed by atoms with E-state index < -0.39 is 5.96 Å². The average molecular weight is 435 g/mol. The van der Waals surface area contributed by atoms with E-state index in [2.05, 4.69) is 27.7 Å². The van der Waals surface area contributed by atoms with Gasteiger partial charge in [0.2, 0.25) is 0 Å². The molecule has 0 heterocycles. The van der Waals surface area contributed by atoms with Crippen molar-refractivity contribution in [3.8, 4) is 0 Å². The van der Waals surface area contributed by atoms with Gasteiger partial charge in [-0.2, -0.15) is 0 Å². The molecule has 0 saturated carbocycles. The molecule has 0 spiro atoms. The summed E-state index contributed by atoms with van der Waals surface area (Å²) in [5.74, 6) is -1.97. The average Bonchev–Trinajstić information content (AvgIpc) is 2.67. The molecule has 0 aromatic carbocycles. The molecule has 0 saturated heterocycles. The molecule has 2 heteroatoms. The second-order valence-electron chi connectivity index (χ2n) is 9.66. The van der Waals surface area contributed by atoms with Gasteiger partial charge in [0, 0.05) is 0 Å². The topological polar surface area (TPSA) is 0 Å². The van der Waals surface area contributed by atoms with Gasteiger partial charge in [-0.25, -0.2) is 0 Å². The number of unbranched alkanes of at least 4 members (excludes halogenated alkanes) is 14. The van der Waals surface area contributed by atoms with Gasteiger partial charge in [0.05, 0.1) is 0 Å². The molecular weight excluding hydrogens is 379 g/mol. The molecule has 172 valence electrons. The summed E-state index contributed by atoms with van der Waals surface area (Å²) < 4.78 is 0. The van der Waals surface area contributed by atoms with Crippen LogP contribution in [0.5, 0.6) is 0 Å². The molecule has 0 nitrogen and oxygen atoms in total. The van der Waals surface area contributed by atoms with Crippen LogP contribution in [0.4, 0.5) is 0 Å². The summed E-state index contributed by atoms with van der Waals surface area (Å²) in [6, 6.07) is 0. The van der Waals surface area contributed by atoms with Crippen LogP contribution in [-0.2, 0) is 0 Å². The van der Waals surface area contributed by atoms with E-state index in [1.54, 1.807) is 0 Å². The van der Waals surface area contributed by atoms with E-state index in [9.17, 15) is 0 Å². The van der Waals surface area contributed by atoms with Crippen LogP contribution in [0, 0.1) is 0 Å². The van der Waals surface area contributed by atoms with Crippen molar-refractivity contribution in [3.05, 3.63) is 0 Å². The molecule has 0 aliphatic rings. The first-order valence-corrected chi connectivity index (χ1v) is 17.1. The first-order valence-electron chi connectivity index (χ1n) is 13.3. The van der Waals surface area contributed by atoms with Crippen LogP contribution in [0.1, 0.15) is 143 Å². The van der Waals surface area contributed by atoms with E-state index in [-0.39, 0.29) is 0 Å². The van der Waals surface area contributed by atoms with Crippen molar-refractivity contribution in [2.24, 2.45) is 0 Å². The third-order valence-electron chi connectivity index (χ3n) is 6.71. The van der Waals surface area contributed by atoms with Gasteiger partial charge in [-0.3, -0.25) is 0 Å². The molecule has 0 rings (SSSR count). The Kier molecular flexibility index (Phi) is 19.0. The maximum atomic E-state index is 7.69. The van der Waals surface area contributed by atoms with Crippen molar-refractivity contribution in [2.45, 2.75) is 143 Å². The van der Waals surface area contributed by atoms with Crippen LogP contribution < -0.4 is 0 Å². The van der Waals surface area contributed by atoms with Crippen LogP contribution in [0.3, 0.4) is 0 Å². The molecule has 0 aliphatic heterocycles. The summed E-state index contributed by atoms with van der Waals surface area (Å²) in [4.78, 5) is 0. The van der Waals surface area contributed by atoms with Crippen LogP contribution in [0.15, 0.2) is 0 Å². The van der Waals surface area contributed by atoms with Gasteiger partial charge in [-0.1, -0.05) is 0 Å². The van der Waals surface area contributed by atoms with Crippen molar-refractivity contribution >= 4 is 17.2 Å². The zero-order valence-electron chi connectivity index (χ0n) is 20.4. The third kappa shape index (κ3) is 14.7. The maximum absolute atomic E-state index is 7.69. The fraction of sp³-hybridized carbons (Fsp3) is 1.00. The monoisotopic (exact) mass is 434 g/mol. The predicted molar refractivity (Wildman–Crippen MR) is 138 cm³/mol. The van der Waals surface area contributed by atoms with E-state index in [0.717, 1.165) is 0 Å². The fourth-order valence-electron chi connectivity index (χ4n) is 5.07. The molecule has 0 radical (unpaired) electrons. The van der Waals surface area contributed by atoms with E-state index in [0.29, 0.717) is 0 Å². The van der Waals surface area contributed by atoms with Crippen LogP contribution in [0.2, 0.25) is 0 Å². The van der Waals surface area contributed by atoms with Gasteiger partial charge in [0.15, 0.2) is 0 Å². The zero-order valence-corrected chi connectivity index (χ0v) is 22.0. The molecule has 0 aromatic rings. The molecule has 0 unspecified atom stereocenters. The van der Waals surface area contributed by atoms with Crippen molar-refractivity contribution in [2.75, 3.05) is 24.6 Å². The second-order valence-corrected chi connectivity index (χ2v) is 18.0. The predicted octanol–water partition coefficient (Wildman–Crippen LogP) is 10.8. The Morgan fingerprint density at radius 2 is 0.643 bits per heavy atom. The molecule has 0 amide bonds. The van der Waals surface area contributed by atoms with Gasteiger partial charge in [-0.15, -0.1) is 0 Å². The molecule has 0 bridgehead atoms. The standard InChI is InChI=1S/C26H56ClP/c1-5-9-11-13-15-17-19-21-25-28(27,23-7-3,24-8-4)26-22-20-18-16-14-12-10-6-2/h5-26H2,1-4H3. The third-order valence-corrected chi connectivity index (χ3v) is 14.7. The van der Waals surface area contributed by atoms with Gasteiger partial charge in [-0.05, 0) is 0 Å². The number of rotatable bonds is 22. The van der Waals surface area contributed by atoms with Crippen LogP contribution in [0.25, 0.3) is 0 Å². The number of hydrogen-bond acceptors (Lipinski definition) is 0. The van der Waals surface area contributed by atoms with Crippen molar-refractivity contribution in [1.29, 1.82) is 0 Å². The van der Waals surface area contributed by atoms with Crippen molar-refractivity contribution in [1.82, 2.24) is 0 Å². The zero-order chi connectivity index (χ0) is 21.0. The van der Waals surface area contributed by atoms with E-state index in [1.807, 2.05) is 0 Å². The Balaban J connectivity index is 4.26. The molecule has 28 heavy (non-hydrogen) atoms. The Bertz CT molecular complexity index is 298. The molecular formula is C26H56ClP. The van der Waals surface area contributed by atoms with Gasteiger partial charge >= 0.3 is 185 Å². The summed E-state index contributed by atoms with van der Waals surface area (Å²) in [6.45, 7) is 9.33. The summed E-state index contributed by atoms with van der Waals surface area (Å²) in [5.41, 5.74) is 0. The van der Waals surface area contributed by atoms with Gasteiger partial charge in [0.25, 0.3) is 0 Å². The SMILES string of the molecule is CCCCCCCCCCP(Cl)(CCC)(CCC)CCCCCCCCCC. The number of hydrogen-bond donors (Lipinski definition) is 0. The molecule has 0 atom stereocenters. The van der Waals surface area contributed by atoms with Gasteiger partial charge < -0.3 is 0 Å². The van der Waals surface area contributed by atoms with Crippen molar-refractivity contribution in [3.63, 3.8) is 0 Å². The molecule has 0 aliphatic carbocycles. The minimum absolute atomic E-state index is 1.29. The summed E-state index contributed by atoms with van der Waals surface area (Å²) in [5, 5.41) is 0. The second kappa shape index (κ2) is 18.5. The first kappa shape index (κ1) is 28.7. The van der Waals surface area contributed by atoms with E-state index >= 15 is 0 Å². The normalized spacial score (nSPS) is 13.5. The van der Waals surface area contributed by atoms with E-state index in [1.165, 1.54) is 140 Å². The Labute approximate surface area is 185 Å². The Hall–Kier alpha value is 0.720. The molecule has 0 aromatic heterocycles. The summed E-state index contributed by atoms with van der Waals surface area (Å²) in [6.07, 6.45) is 30.7. The minimum atomic E-state index is -1.97. The quantitative estimate of drug-likeness (QED) is 0.117. The first-order chi connectivity index (χ1) is 13.5. The summed E-state index contributed by atoms with van der Waals surface area (Å²) >= 11 is 7.69. The molecule has 0 N–H and O–H groups in total. The summed E-state index contributed by atoms with van der Waals surface area (Å²) in [7, 11) is 0. The Morgan fingerprint density at radius 1 is 0.357 bits per heavy atom. The van der Waals surface area contributed by atoms with E-state index in [4.69, 9.17) is 11.2 Å². The molecule has 0 fully saturated rings. The Morgan fingerprint density at radius 3 is 0.929 bits per heavy atom.